The molecule has 0 radical (unpaired) electrons. The first-order valence-electron chi connectivity index (χ1n) is 8.33. The van der Waals surface area contributed by atoms with Crippen molar-refractivity contribution in [2.45, 2.75) is 65.5 Å². The van der Waals surface area contributed by atoms with Gasteiger partial charge in [-0.05, 0) is 68.7 Å². The molecular formula is C19H32N2. The zero-order valence-electron chi connectivity index (χ0n) is 14.4. The number of hydrogen-bond acceptors (Lipinski definition) is 2. The van der Waals surface area contributed by atoms with Gasteiger partial charge in [-0.15, -0.1) is 0 Å². The summed E-state index contributed by atoms with van der Waals surface area (Å²) in [6.45, 7) is 9.85. The van der Waals surface area contributed by atoms with E-state index in [1.165, 1.54) is 42.4 Å². The summed E-state index contributed by atoms with van der Waals surface area (Å²) < 4.78 is 0. The van der Waals surface area contributed by atoms with Crippen LogP contribution < -0.4 is 5.73 Å². The molecule has 2 rings (SSSR count). The van der Waals surface area contributed by atoms with E-state index in [0.717, 1.165) is 0 Å². The van der Waals surface area contributed by atoms with Crippen molar-refractivity contribution in [1.29, 1.82) is 0 Å². The number of rotatable bonds is 4. The second kappa shape index (κ2) is 6.50. The van der Waals surface area contributed by atoms with E-state index in [2.05, 4.69) is 57.8 Å². The van der Waals surface area contributed by atoms with Gasteiger partial charge in [-0.2, -0.15) is 0 Å². The monoisotopic (exact) mass is 288 g/mol. The molecule has 1 unspecified atom stereocenters. The lowest BCUT2D eigenvalue weighted by atomic mass is 9.75. The molecule has 1 saturated carbocycles. The Bertz CT molecular complexity index is 468. The molecule has 2 N–H and O–H groups in total. The first kappa shape index (κ1) is 16.5. The SMILES string of the molecule is Cc1ccc(C(CN)N(C)C2CCC(C)(C)CC2)cc1C. The van der Waals surface area contributed by atoms with E-state index in [0.29, 0.717) is 24.0 Å². The molecule has 2 nitrogen and oxygen atoms in total. The summed E-state index contributed by atoms with van der Waals surface area (Å²) in [5, 5.41) is 0. The van der Waals surface area contributed by atoms with Gasteiger partial charge in [0.25, 0.3) is 0 Å². The summed E-state index contributed by atoms with van der Waals surface area (Å²) in [4.78, 5) is 2.53. The van der Waals surface area contributed by atoms with Crippen LogP contribution in [0.1, 0.15) is 62.3 Å². The van der Waals surface area contributed by atoms with Crippen LogP contribution in [0.2, 0.25) is 0 Å². The van der Waals surface area contributed by atoms with Crippen LogP contribution in [-0.2, 0) is 0 Å². The van der Waals surface area contributed by atoms with E-state index in [1.54, 1.807) is 0 Å². The lowest BCUT2D eigenvalue weighted by Gasteiger charge is -2.41. The molecule has 1 atom stereocenters. The van der Waals surface area contributed by atoms with Crippen molar-refractivity contribution in [3.8, 4) is 0 Å². The minimum Gasteiger partial charge on any atom is -0.329 e. The first-order chi connectivity index (χ1) is 9.84. The van der Waals surface area contributed by atoms with Crippen LogP contribution in [0.25, 0.3) is 0 Å². The molecular weight excluding hydrogens is 256 g/mol. The second-order valence-corrected chi connectivity index (χ2v) is 7.66. The molecule has 0 heterocycles. The van der Waals surface area contributed by atoms with E-state index in [9.17, 15) is 0 Å². The maximum Gasteiger partial charge on any atom is 0.0470 e. The Labute approximate surface area is 130 Å². The van der Waals surface area contributed by atoms with Crippen molar-refractivity contribution < 1.29 is 0 Å². The predicted octanol–water partition coefficient (Wildman–Crippen LogP) is 4.20. The Morgan fingerprint density at radius 2 is 1.81 bits per heavy atom. The van der Waals surface area contributed by atoms with Crippen LogP contribution in [-0.4, -0.2) is 24.5 Å². The molecule has 0 aliphatic heterocycles. The smallest absolute Gasteiger partial charge is 0.0470 e. The minimum absolute atomic E-state index is 0.343. The largest absolute Gasteiger partial charge is 0.329 e. The van der Waals surface area contributed by atoms with Crippen molar-refractivity contribution in [2.24, 2.45) is 11.1 Å². The highest BCUT2D eigenvalue weighted by atomic mass is 15.2. The third kappa shape index (κ3) is 3.87. The Morgan fingerprint density at radius 3 is 2.33 bits per heavy atom. The normalized spacial score (nSPS) is 20.7. The molecule has 1 aromatic rings. The van der Waals surface area contributed by atoms with Crippen LogP contribution in [0.4, 0.5) is 0 Å². The molecule has 21 heavy (non-hydrogen) atoms. The van der Waals surface area contributed by atoms with Crippen LogP contribution in [0.15, 0.2) is 18.2 Å². The van der Waals surface area contributed by atoms with Gasteiger partial charge in [0.1, 0.15) is 0 Å². The van der Waals surface area contributed by atoms with E-state index in [4.69, 9.17) is 5.73 Å². The summed E-state index contributed by atoms with van der Waals surface area (Å²) in [6, 6.07) is 7.81. The number of benzene rings is 1. The highest BCUT2D eigenvalue weighted by Gasteiger charge is 2.31. The summed E-state index contributed by atoms with van der Waals surface area (Å²) in [5.74, 6) is 0. The molecule has 1 aliphatic carbocycles. The zero-order valence-corrected chi connectivity index (χ0v) is 14.4. The Kier molecular flexibility index (Phi) is 5.11. The van der Waals surface area contributed by atoms with Crippen LogP contribution in [0, 0.1) is 19.3 Å². The third-order valence-corrected chi connectivity index (χ3v) is 5.52. The molecule has 1 aliphatic rings. The van der Waals surface area contributed by atoms with E-state index in [1.807, 2.05) is 0 Å². The third-order valence-electron chi connectivity index (χ3n) is 5.52. The van der Waals surface area contributed by atoms with Crippen molar-refractivity contribution >= 4 is 0 Å². The topological polar surface area (TPSA) is 29.3 Å². The van der Waals surface area contributed by atoms with Gasteiger partial charge in [0.2, 0.25) is 0 Å². The average molecular weight is 288 g/mol. The van der Waals surface area contributed by atoms with Crippen molar-refractivity contribution in [2.75, 3.05) is 13.6 Å². The quantitative estimate of drug-likeness (QED) is 0.899. The van der Waals surface area contributed by atoms with Crippen LogP contribution in [0.3, 0.4) is 0 Å². The molecule has 0 amide bonds. The molecule has 0 saturated heterocycles. The van der Waals surface area contributed by atoms with Crippen molar-refractivity contribution in [3.63, 3.8) is 0 Å². The molecule has 0 bridgehead atoms. The Morgan fingerprint density at radius 1 is 1.19 bits per heavy atom. The summed E-state index contributed by atoms with van der Waals surface area (Å²) >= 11 is 0. The number of likely N-dealkylation sites (N-methyl/N-ethyl adjacent to an activating group) is 1. The van der Waals surface area contributed by atoms with Crippen LogP contribution >= 0.6 is 0 Å². The Hall–Kier alpha value is -0.860. The number of aryl methyl sites for hydroxylation is 2. The maximum absolute atomic E-state index is 6.11. The van der Waals surface area contributed by atoms with Gasteiger partial charge in [0, 0.05) is 18.6 Å². The van der Waals surface area contributed by atoms with Gasteiger partial charge in [-0.3, -0.25) is 4.90 Å². The van der Waals surface area contributed by atoms with E-state index < -0.39 is 0 Å². The molecule has 2 heteroatoms. The van der Waals surface area contributed by atoms with E-state index >= 15 is 0 Å². The molecule has 118 valence electrons. The fourth-order valence-electron chi connectivity index (χ4n) is 3.56. The second-order valence-electron chi connectivity index (χ2n) is 7.66. The van der Waals surface area contributed by atoms with Gasteiger partial charge in [-0.1, -0.05) is 32.0 Å². The lowest BCUT2D eigenvalue weighted by Crippen LogP contribution is -2.41. The standard InChI is InChI=1S/C19H32N2/c1-14-6-7-16(12-15(14)2)18(13-20)21(5)17-8-10-19(3,4)11-9-17/h6-7,12,17-18H,8-11,13,20H2,1-5H3. The molecule has 0 aromatic heterocycles. The van der Waals surface area contributed by atoms with Gasteiger partial charge < -0.3 is 5.73 Å². The van der Waals surface area contributed by atoms with Crippen molar-refractivity contribution in [3.05, 3.63) is 34.9 Å². The summed E-state index contributed by atoms with van der Waals surface area (Å²) in [7, 11) is 2.26. The van der Waals surface area contributed by atoms with Gasteiger partial charge in [0.15, 0.2) is 0 Å². The maximum atomic E-state index is 6.11. The summed E-state index contributed by atoms with van der Waals surface area (Å²) in [6.07, 6.45) is 5.24. The molecule has 0 spiro atoms. The number of nitrogens with two attached hydrogens (primary N) is 1. The molecule has 1 fully saturated rings. The number of nitrogens with zero attached hydrogens (tertiary/aromatic N) is 1. The zero-order chi connectivity index (χ0) is 15.6. The lowest BCUT2D eigenvalue weighted by molar-refractivity contribution is 0.0966. The van der Waals surface area contributed by atoms with E-state index in [-0.39, 0.29) is 0 Å². The molecule has 1 aromatic carbocycles. The van der Waals surface area contributed by atoms with Gasteiger partial charge in [-0.25, -0.2) is 0 Å². The fraction of sp³-hybridized carbons (Fsp3) is 0.684. The van der Waals surface area contributed by atoms with Crippen molar-refractivity contribution in [1.82, 2.24) is 4.90 Å². The highest BCUT2D eigenvalue weighted by molar-refractivity contribution is 5.32. The predicted molar refractivity (Wildman–Crippen MR) is 91.5 cm³/mol. The summed E-state index contributed by atoms with van der Waals surface area (Å²) in [5.41, 5.74) is 10.7. The van der Waals surface area contributed by atoms with Gasteiger partial charge in [0.05, 0.1) is 0 Å². The fourth-order valence-corrected chi connectivity index (χ4v) is 3.56. The highest BCUT2D eigenvalue weighted by Crippen LogP contribution is 2.38. The number of hydrogen-bond donors (Lipinski definition) is 1. The van der Waals surface area contributed by atoms with Gasteiger partial charge >= 0.3 is 0 Å². The first-order valence-corrected chi connectivity index (χ1v) is 8.33. The average Bonchev–Trinajstić information content (AvgIpc) is 2.43. The van der Waals surface area contributed by atoms with Crippen LogP contribution in [0.5, 0.6) is 0 Å². The Balaban J connectivity index is 2.11. The minimum atomic E-state index is 0.343.